The van der Waals surface area contributed by atoms with Crippen molar-refractivity contribution >= 4 is 5.97 Å². The van der Waals surface area contributed by atoms with E-state index in [1.165, 1.54) is 6.26 Å². The van der Waals surface area contributed by atoms with Crippen molar-refractivity contribution in [1.29, 1.82) is 0 Å². The Morgan fingerprint density at radius 3 is 2.54 bits per heavy atom. The smallest absolute Gasteiger partial charge is 0.357 e. The minimum atomic E-state index is -1.05. The Hall–Kier alpha value is -1.32. The third-order valence-electron chi connectivity index (χ3n) is 2.13. The van der Waals surface area contributed by atoms with E-state index in [1.807, 2.05) is 20.8 Å². The molecule has 0 amide bonds. The van der Waals surface area contributed by atoms with Crippen LogP contribution in [0.4, 0.5) is 0 Å². The minimum absolute atomic E-state index is 0.0255. The average molecular weight is 183 g/mol. The molecular formula is C9H13NO3. The van der Waals surface area contributed by atoms with Gasteiger partial charge in [-0.25, -0.2) is 9.78 Å². The van der Waals surface area contributed by atoms with E-state index in [2.05, 4.69) is 4.98 Å². The van der Waals surface area contributed by atoms with Gasteiger partial charge in [0.15, 0.2) is 11.6 Å². The first-order valence-electron chi connectivity index (χ1n) is 4.21. The van der Waals surface area contributed by atoms with Crippen LogP contribution in [0.3, 0.4) is 0 Å². The van der Waals surface area contributed by atoms with Crippen molar-refractivity contribution in [1.82, 2.24) is 4.98 Å². The van der Waals surface area contributed by atoms with E-state index >= 15 is 0 Å². The first-order valence-corrected chi connectivity index (χ1v) is 4.21. The third kappa shape index (κ3) is 2.08. The maximum absolute atomic E-state index is 10.5. The number of oxazole rings is 1. The van der Waals surface area contributed by atoms with Crippen molar-refractivity contribution in [2.24, 2.45) is 5.92 Å². The summed E-state index contributed by atoms with van der Waals surface area (Å²) < 4.78 is 5.06. The number of carbonyl (C=O) groups is 1. The molecule has 0 fully saturated rings. The Balaban J connectivity index is 2.85. The summed E-state index contributed by atoms with van der Waals surface area (Å²) in [6.07, 6.45) is 1.18. The highest BCUT2D eigenvalue weighted by Crippen LogP contribution is 2.22. The summed E-state index contributed by atoms with van der Waals surface area (Å²) in [7, 11) is 0. The Labute approximate surface area is 76.6 Å². The molecular weight excluding hydrogens is 170 g/mol. The number of rotatable bonds is 3. The summed E-state index contributed by atoms with van der Waals surface area (Å²) in [4.78, 5) is 14.3. The van der Waals surface area contributed by atoms with Crippen molar-refractivity contribution in [2.75, 3.05) is 0 Å². The van der Waals surface area contributed by atoms with Gasteiger partial charge in [-0.2, -0.15) is 0 Å². The normalized spacial score (nSPS) is 13.2. The van der Waals surface area contributed by atoms with Crippen LogP contribution in [0.1, 0.15) is 43.1 Å². The highest BCUT2D eigenvalue weighted by molar-refractivity contribution is 5.84. The fourth-order valence-electron chi connectivity index (χ4n) is 0.880. The lowest BCUT2D eigenvalue weighted by Gasteiger charge is -2.09. The predicted octanol–water partition coefficient (Wildman–Crippen LogP) is 2.13. The van der Waals surface area contributed by atoms with Crippen molar-refractivity contribution < 1.29 is 14.3 Å². The molecule has 1 atom stereocenters. The van der Waals surface area contributed by atoms with Crippen LogP contribution >= 0.6 is 0 Å². The second kappa shape index (κ2) is 3.60. The zero-order valence-electron chi connectivity index (χ0n) is 7.94. The molecule has 1 unspecified atom stereocenters. The molecule has 1 aromatic heterocycles. The quantitative estimate of drug-likeness (QED) is 0.779. The molecule has 13 heavy (non-hydrogen) atoms. The summed E-state index contributed by atoms with van der Waals surface area (Å²) in [6, 6.07) is 0. The molecule has 4 heteroatoms. The molecule has 0 saturated heterocycles. The molecule has 0 aromatic carbocycles. The molecule has 0 bridgehead atoms. The van der Waals surface area contributed by atoms with Crippen LogP contribution in [0.5, 0.6) is 0 Å². The first-order chi connectivity index (χ1) is 6.02. The summed E-state index contributed by atoms with van der Waals surface area (Å²) in [5.41, 5.74) is -0.0255. The molecule has 1 heterocycles. The largest absolute Gasteiger partial charge is 0.476 e. The van der Waals surface area contributed by atoms with Crippen molar-refractivity contribution in [3.63, 3.8) is 0 Å². The van der Waals surface area contributed by atoms with Gasteiger partial charge in [0.1, 0.15) is 6.26 Å². The monoisotopic (exact) mass is 183 g/mol. The molecule has 72 valence electrons. The van der Waals surface area contributed by atoms with E-state index in [1.54, 1.807) is 0 Å². The summed E-state index contributed by atoms with van der Waals surface area (Å²) in [6.45, 7) is 6.03. The third-order valence-corrected chi connectivity index (χ3v) is 2.13. The fourth-order valence-corrected chi connectivity index (χ4v) is 0.880. The number of nitrogens with zero attached hydrogens (tertiary/aromatic N) is 1. The Bertz CT molecular complexity index is 304. The molecule has 0 aliphatic rings. The van der Waals surface area contributed by atoms with Gasteiger partial charge in [-0.3, -0.25) is 0 Å². The van der Waals surface area contributed by atoms with Crippen LogP contribution in [0.2, 0.25) is 0 Å². The maximum atomic E-state index is 10.5. The lowest BCUT2D eigenvalue weighted by atomic mass is 9.98. The Morgan fingerprint density at radius 1 is 1.54 bits per heavy atom. The van der Waals surface area contributed by atoms with Crippen molar-refractivity contribution in [3.05, 3.63) is 17.8 Å². The molecule has 0 radical (unpaired) electrons. The van der Waals surface area contributed by atoms with Crippen molar-refractivity contribution in [2.45, 2.75) is 26.7 Å². The molecule has 0 saturated carbocycles. The van der Waals surface area contributed by atoms with Gasteiger partial charge in [-0.05, 0) is 5.92 Å². The van der Waals surface area contributed by atoms with Gasteiger partial charge >= 0.3 is 5.97 Å². The highest BCUT2D eigenvalue weighted by Gasteiger charge is 2.18. The highest BCUT2D eigenvalue weighted by atomic mass is 16.4. The average Bonchev–Trinajstić information content (AvgIpc) is 2.50. The van der Waals surface area contributed by atoms with Crippen LogP contribution in [0.15, 0.2) is 10.7 Å². The lowest BCUT2D eigenvalue weighted by molar-refractivity contribution is 0.0690. The SMILES string of the molecule is CC(C)C(C)c1nc(C(=O)O)co1. The lowest BCUT2D eigenvalue weighted by Crippen LogP contribution is -2.03. The second-order valence-electron chi connectivity index (χ2n) is 3.41. The first kappa shape index (κ1) is 9.77. The zero-order chi connectivity index (χ0) is 10.0. The van der Waals surface area contributed by atoms with Gasteiger partial charge in [-0.1, -0.05) is 20.8 Å². The van der Waals surface area contributed by atoms with E-state index < -0.39 is 5.97 Å². The summed E-state index contributed by atoms with van der Waals surface area (Å²) in [5.74, 6) is -0.0215. The van der Waals surface area contributed by atoms with Crippen LogP contribution in [-0.2, 0) is 0 Å². The standard InChI is InChI=1S/C9H13NO3/c1-5(2)6(3)8-10-7(4-13-8)9(11)12/h4-6H,1-3H3,(H,11,12). The topological polar surface area (TPSA) is 63.3 Å². The second-order valence-corrected chi connectivity index (χ2v) is 3.41. The molecule has 1 N–H and O–H groups in total. The number of carboxylic acids is 1. The summed E-state index contributed by atoms with van der Waals surface area (Å²) in [5, 5.41) is 8.60. The summed E-state index contributed by atoms with van der Waals surface area (Å²) >= 11 is 0. The zero-order valence-corrected chi connectivity index (χ0v) is 7.94. The van der Waals surface area contributed by atoms with E-state index in [4.69, 9.17) is 9.52 Å². The van der Waals surface area contributed by atoms with Crippen LogP contribution in [0, 0.1) is 5.92 Å². The maximum Gasteiger partial charge on any atom is 0.357 e. The molecule has 1 rings (SSSR count). The van der Waals surface area contributed by atoms with Gasteiger partial charge in [0.05, 0.1) is 0 Å². The Morgan fingerprint density at radius 2 is 2.15 bits per heavy atom. The number of hydrogen-bond acceptors (Lipinski definition) is 3. The molecule has 4 nitrogen and oxygen atoms in total. The van der Waals surface area contributed by atoms with Crippen molar-refractivity contribution in [3.8, 4) is 0 Å². The molecule has 0 spiro atoms. The predicted molar refractivity (Wildman–Crippen MR) is 46.7 cm³/mol. The van der Waals surface area contributed by atoms with Crippen LogP contribution < -0.4 is 0 Å². The number of hydrogen-bond donors (Lipinski definition) is 1. The minimum Gasteiger partial charge on any atom is -0.476 e. The molecule has 0 aliphatic carbocycles. The van der Waals surface area contributed by atoms with Gasteiger partial charge in [0.25, 0.3) is 0 Å². The van der Waals surface area contributed by atoms with Gasteiger partial charge in [-0.15, -0.1) is 0 Å². The van der Waals surface area contributed by atoms with Crippen LogP contribution in [-0.4, -0.2) is 16.1 Å². The van der Waals surface area contributed by atoms with E-state index in [9.17, 15) is 4.79 Å². The van der Waals surface area contributed by atoms with Gasteiger partial charge in [0.2, 0.25) is 0 Å². The van der Waals surface area contributed by atoms with Crippen LogP contribution in [0.25, 0.3) is 0 Å². The fraction of sp³-hybridized carbons (Fsp3) is 0.556. The molecule has 0 aliphatic heterocycles. The van der Waals surface area contributed by atoms with E-state index in [0.717, 1.165) is 0 Å². The van der Waals surface area contributed by atoms with E-state index in [-0.39, 0.29) is 11.6 Å². The number of carboxylic acid groups (broad SMARTS) is 1. The van der Waals surface area contributed by atoms with Gasteiger partial charge in [0, 0.05) is 5.92 Å². The molecule has 1 aromatic rings. The van der Waals surface area contributed by atoms with Gasteiger partial charge < -0.3 is 9.52 Å². The van der Waals surface area contributed by atoms with E-state index in [0.29, 0.717) is 11.8 Å². The number of aromatic carboxylic acids is 1. The number of aromatic nitrogens is 1. The Kier molecular flexibility index (Phi) is 2.70.